The third-order valence-corrected chi connectivity index (χ3v) is 3.61. The first-order valence-corrected chi connectivity index (χ1v) is 6.35. The van der Waals surface area contributed by atoms with Gasteiger partial charge >= 0.3 is 0 Å². The van der Waals surface area contributed by atoms with Crippen LogP contribution in [0.4, 0.5) is 0 Å². The second kappa shape index (κ2) is 3.42. The zero-order valence-corrected chi connectivity index (χ0v) is 12.0. The van der Waals surface area contributed by atoms with Crippen molar-refractivity contribution in [2.24, 2.45) is 10.8 Å². The van der Waals surface area contributed by atoms with E-state index in [1.54, 1.807) is 0 Å². The summed E-state index contributed by atoms with van der Waals surface area (Å²) in [5.74, 6) is -0.0739. The van der Waals surface area contributed by atoms with E-state index >= 15 is 0 Å². The summed E-state index contributed by atoms with van der Waals surface area (Å²) in [5.41, 5.74) is -3.13. The van der Waals surface area contributed by atoms with Crippen molar-refractivity contribution in [1.29, 1.82) is 0 Å². The highest BCUT2D eigenvalue weighted by Crippen LogP contribution is 2.54. The molecule has 0 spiro atoms. The van der Waals surface area contributed by atoms with Gasteiger partial charge in [-0.1, -0.05) is 41.5 Å². The van der Waals surface area contributed by atoms with Crippen molar-refractivity contribution in [3.05, 3.63) is 0 Å². The van der Waals surface area contributed by atoms with Gasteiger partial charge in [-0.25, -0.2) is 0 Å². The van der Waals surface area contributed by atoms with Gasteiger partial charge in [0, 0.05) is 10.8 Å². The molecule has 0 saturated carbocycles. The highest BCUT2D eigenvalue weighted by atomic mass is 16.7. The van der Waals surface area contributed by atoms with E-state index in [9.17, 15) is 9.59 Å². The SMILES string of the molecule is CC(C)(C)C(=O)C1(C2(C(=O)C(C)(C)C)CO2)CO1. The van der Waals surface area contributed by atoms with E-state index in [4.69, 9.17) is 9.47 Å². The molecule has 0 radical (unpaired) electrons. The highest BCUT2D eigenvalue weighted by molar-refractivity contribution is 6.06. The molecular weight excluding hydrogens is 232 g/mol. The van der Waals surface area contributed by atoms with Crippen LogP contribution < -0.4 is 0 Å². The van der Waals surface area contributed by atoms with Crippen LogP contribution in [-0.4, -0.2) is 36.0 Å². The molecule has 2 unspecified atom stereocenters. The molecular formula is C14H22O4. The lowest BCUT2D eigenvalue weighted by Gasteiger charge is -2.29. The van der Waals surface area contributed by atoms with Crippen LogP contribution in [-0.2, 0) is 19.1 Å². The Labute approximate surface area is 108 Å². The fourth-order valence-electron chi connectivity index (χ4n) is 2.45. The van der Waals surface area contributed by atoms with Crippen LogP contribution in [0.3, 0.4) is 0 Å². The number of carbonyl (C=O) groups excluding carboxylic acids is 2. The van der Waals surface area contributed by atoms with Gasteiger partial charge in [-0.3, -0.25) is 9.59 Å². The Morgan fingerprint density at radius 3 is 1.11 bits per heavy atom. The lowest BCUT2D eigenvalue weighted by atomic mass is 9.71. The van der Waals surface area contributed by atoms with Crippen LogP contribution in [0.15, 0.2) is 0 Å². The minimum Gasteiger partial charge on any atom is -0.357 e. The third-order valence-electron chi connectivity index (χ3n) is 3.61. The number of Topliss-reactive ketones (excluding diaryl/α,β-unsaturated/α-hetero) is 2. The second-order valence-electron chi connectivity index (χ2n) is 7.39. The molecule has 102 valence electrons. The van der Waals surface area contributed by atoms with Gasteiger partial charge in [-0.2, -0.15) is 0 Å². The summed E-state index contributed by atoms with van der Waals surface area (Å²) in [6, 6.07) is 0. The van der Waals surface area contributed by atoms with Gasteiger partial charge in [0.05, 0.1) is 13.2 Å². The maximum atomic E-state index is 12.5. The fraction of sp³-hybridized carbons (Fsp3) is 0.857. The van der Waals surface area contributed by atoms with E-state index in [0.717, 1.165) is 0 Å². The van der Waals surface area contributed by atoms with E-state index in [0.29, 0.717) is 13.2 Å². The number of rotatable bonds is 3. The molecule has 0 bridgehead atoms. The van der Waals surface area contributed by atoms with Gasteiger partial charge in [0.2, 0.25) is 0 Å². The number of carbonyl (C=O) groups is 2. The Hall–Kier alpha value is -0.740. The summed E-state index contributed by atoms with van der Waals surface area (Å²) in [6.45, 7) is 11.7. The molecule has 2 aliphatic rings. The number of hydrogen-bond acceptors (Lipinski definition) is 4. The van der Waals surface area contributed by atoms with E-state index in [-0.39, 0.29) is 11.6 Å². The molecule has 2 saturated heterocycles. The molecule has 0 aromatic rings. The standard InChI is InChI=1S/C14H22O4/c1-11(2,3)9(15)13(7-17-13)14(8-18-14)10(16)12(4,5)6/h7-8H2,1-6H3. The van der Waals surface area contributed by atoms with Gasteiger partial charge in [0.1, 0.15) is 0 Å². The lowest BCUT2D eigenvalue weighted by molar-refractivity contribution is -0.143. The predicted octanol–water partition coefficient (Wildman–Crippen LogP) is 1.75. The Bertz CT molecular complexity index is 360. The Balaban J connectivity index is 2.33. The zero-order chi connectivity index (χ0) is 14.0. The van der Waals surface area contributed by atoms with E-state index in [1.165, 1.54) is 0 Å². The first-order chi connectivity index (χ1) is 7.97. The topological polar surface area (TPSA) is 59.2 Å². The number of epoxide rings is 2. The third kappa shape index (κ3) is 1.74. The summed E-state index contributed by atoms with van der Waals surface area (Å²) >= 11 is 0. The molecule has 2 atom stereocenters. The van der Waals surface area contributed by atoms with Crippen molar-refractivity contribution in [2.75, 3.05) is 13.2 Å². The maximum absolute atomic E-state index is 12.5. The van der Waals surface area contributed by atoms with Gasteiger partial charge in [0.15, 0.2) is 22.8 Å². The second-order valence-corrected chi connectivity index (χ2v) is 7.39. The Kier molecular flexibility index (Phi) is 2.60. The van der Waals surface area contributed by atoms with Crippen LogP contribution in [0.2, 0.25) is 0 Å². The fourth-order valence-corrected chi connectivity index (χ4v) is 2.45. The van der Waals surface area contributed by atoms with E-state index in [1.807, 2.05) is 41.5 Å². The molecule has 18 heavy (non-hydrogen) atoms. The minimum absolute atomic E-state index is 0.0369. The van der Waals surface area contributed by atoms with Gasteiger partial charge < -0.3 is 9.47 Å². The molecule has 0 amide bonds. The van der Waals surface area contributed by atoms with Crippen molar-refractivity contribution < 1.29 is 19.1 Å². The number of ether oxygens (including phenoxy) is 2. The molecule has 4 nitrogen and oxygen atoms in total. The first kappa shape index (κ1) is 13.7. The lowest BCUT2D eigenvalue weighted by Crippen LogP contribution is -2.54. The largest absolute Gasteiger partial charge is 0.357 e. The molecule has 0 N–H and O–H groups in total. The van der Waals surface area contributed by atoms with Gasteiger partial charge in [0.25, 0.3) is 0 Å². The Morgan fingerprint density at radius 2 is 1.00 bits per heavy atom. The van der Waals surface area contributed by atoms with Crippen LogP contribution in [0.25, 0.3) is 0 Å². The van der Waals surface area contributed by atoms with E-state index in [2.05, 4.69) is 0 Å². The molecule has 4 heteroatoms. The predicted molar refractivity (Wildman–Crippen MR) is 66.3 cm³/mol. The van der Waals surface area contributed by atoms with Crippen molar-refractivity contribution in [3.8, 4) is 0 Å². The van der Waals surface area contributed by atoms with Crippen LogP contribution in [0.5, 0.6) is 0 Å². The van der Waals surface area contributed by atoms with Crippen LogP contribution in [0, 0.1) is 10.8 Å². The van der Waals surface area contributed by atoms with Crippen LogP contribution in [0.1, 0.15) is 41.5 Å². The summed E-state index contributed by atoms with van der Waals surface area (Å²) in [7, 11) is 0. The minimum atomic E-state index is -1.03. The summed E-state index contributed by atoms with van der Waals surface area (Å²) in [4.78, 5) is 25.0. The highest BCUT2D eigenvalue weighted by Gasteiger charge is 2.79. The monoisotopic (exact) mass is 254 g/mol. The van der Waals surface area contributed by atoms with E-state index < -0.39 is 22.0 Å². The molecule has 2 fully saturated rings. The summed E-state index contributed by atoms with van der Waals surface area (Å²) in [6.07, 6.45) is 0. The average Bonchev–Trinajstić information content (AvgIpc) is 3.06. The van der Waals surface area contributed by atoms with Crippen molar-refractivity contribution in [1.82, 2.24) is 0 Å². The number of hydrogen-bond donors (Lipinski definition) is 0. The van der Waals surface area contributed by atoms with Crippen LogP contribution >= 0.6 is 0 Å². The zero-order valence-electron chi connectivity index (χ0n) is 12.0. The first-order valence-electron chi connectivity index (χ1n) is 6.35. The Morgan fingerprint density at radius 1 is 0.778 bits per heavy atom. The maximum Gasteiger partial charge on any atom is 0.188 e. The number of ketones is 2. The summed E-state index contributed by atoms with van der Waals surface area (Å²) < 4.78 is 10.9. The van der Waals surface area contributed by atoms with Gasteiger partial charge in [-0.15, -0.1) is 0 Å². The van der Waals surface area contributed by atoms with Crippen molar-refractivity contribution >= 4 is 11.6 Å². The average molecular weight is 254 g/mol. The van der Waals surface area contributed by atoms with Crippen molar-refractivity contribution in [2.45, 2.75) is 52.7 Å². The molecule has 0 aromatic heterocycles. The van der Waals surface area contributed by atoms with Crippen molar-refractivity contribution in [3.63, 3.8) is 0 Å². The molecule has 2 rings (SSSR count). The van der Waals surface area contributed by atoms with Gasteiger partial charge in [-0.05, 0) is 0 Å². The smallest absolute Gasteiger partial charge is 0.188 e. The molecule has 2 heterocycles. The molecule has 0 aromatic carbocycles. The molecule has 2 aliphatic heterocycles. The normalized spacial score (nSPS) is 35.2. The summed E-state index contributed by atoms with van der Waals surface area (Å²) in [5, 5.41) is 0. The molecule has 0 aliphatic carbocycles. The quantitative estimate of drug-likeness (QED) is 0.720.